The zero-order valence-corrected chi connectivity index (χ0v) is 24.4. The molecule has 0 radical (unpaired) electrons. The van der Waals surface area contributed by atoms with Crippen molar-refractivity contribution in [1.82, 2.24) is 16.0 Å². The van der Waals surface area contributed by atoms with Crippen LogP contribution in [0.1, 0.15) is 57.7 Å². The van der Waals surface area contributed by atoms with Crippen molar-refractivity contribution in [2.45, 2.75) is 50.4 Å². The van der Waals surface area contributed by atoms with Crippen LogP contribution in [0.5, 0.6) is 0 Å². The number of anilines is 1. The third-order valence-electron chi connectivity index (χ3n) is 7.49. The number of carbonyl (C=O) groups excluding carboxylic acids is 2. The van der Waals surface area contributed by atoms with Crippen molar-refractivity contribution in [3.8, 4) is 0 Å². The Kier molecular flexibility index (Phi) is 9.80. The summed E-state index contributed by atoms with van der Waals surface area (Å²) in [5, 5.41) is 20.4. The summed E-state index contributed by atoms with van der Waals surface area (Å²) >= 11 is 0. The lowest BCUT2D eigenvalue weighted by Crippen LogP contribution is -2.52. The molecule has 1 heterocycles. The van der Waals surface area contributed by atoms with Gasteiger partial charge in [0.25, 0.3) is 11.8 Å². The number of aliphatic hydroxyl groups is 1. The van der Waals surface area contributed by atoms with Gasteiger partial charge in [-0.3, -0.25) is 13.9 Å². The van der Waals surface area contributed by atoms with Crippen LogP contribution in [0.4, 0.5) is 5.69 Å². The van der Waals surface area contributed by atoms with E-state index < -0.39 is 34.0 Å². The number of sulfonamides is 1. The van der Waals surface area contributed by atoms with Crippen LogP contribution in [0.15, 0.2) is 78.9 Å². The predicted octanol–water partition coefficient (Wildman–Crippen LogP) is 3.03. The number of aliphatic hydroxyl groups excluding tert-OH is 1. The van der Waals surface area contributed by atoms with Crippen molar-refractivity contribution in [2.24, 2.45) is 0 Å². The molecule has 1 aliphatic rings. The minimum absolute atomic E-state index is 0.111. The topological polar surface area (TPSA) is 128 Å². The SMILES string of the molecule is C[C@@H](NC(=O)c1cc(C(=O)N[C@@H](Cc2ccccc2)[C@H](O)[C@@H]2CCCN2)cc(N(C)S(C)(=O)=O)c1)c1ccccc1. The van der Waals surface area contributed by atoms with Crippen LogP contribution in [0.2, 0.25) is 0 Å². The maximum Gasteiger partial charge on any atom is 0.251 e. The van der Waals surface area contributed by atoms with Gasteiger partial charge >= 0.3 is 0 Å². The predicted molar refractivity (Wildman–Crippen MR) is 160 cm³/mol. The maximum atomic E-state index is 13.7. The van der Waals surface area contributed by atoms with Gasteiger partial charge in [-0.25, -0.2) is 8.42 Å². The molecule has 218 valence electrons. The van der Waals surface area contributed by atoms with Gasteiger partial charge < -0.3 is 21.1 Å². The summed E-state index contributed by atoms with van der Waals surface area (Å²) in [5.41, 5.74) is 2.29. The second-order valence-corrected chi connectivity index (χ2v) is 12.6. The average molecular weight is 579 g/mol. The van der Waals surface area contributed by atoms with Crippen LogP contribution in [-0.2, 0) is 16.4 Å². The van der Waals surface area contributed by atoms with Gasteiger partial charge in [0.1, 0.15) is 0 Å². The highest BCUT2D eigenvalue weighted by Crippen LogP contribution is 2.23. The van der Waals surface area contributed by atoms with E-state index in [1.54, 1.807) is 0 Å². The smallest absolute Gasteiger partial charge is 0.251 e. The quantitative estimate of drug-likeness (QED) is 0.277. The Bertz CT molecular complexity index is 1440. The number of benzene rings is 3. The van der Waals surface area contributed by atoms with E-state index in [1.807, 2.05) is 67.6 Å². The van der Waals surface area contributed by atoms with E-state index in [9.17, 15) is 23.1 Å². The van der Waals surface area contributed by atoms with Crippen LogP contribution in [0.25, 0.3) is 0 Å². The molecule has 1 aliphatic heterocycles. The molecule has 0 unspecified atom stereocenters. The fourth-order valence-electron chi connectivity index (χ4n) is 5.01. The number of amides is 2. The van der Waals surface area contributed by atoms with Gasteiger partial charge in [-0.15, -0.1) is 0 Å². The molecule has 4 N–H and O–H groups in total. The van der Waals surface area contributed by atoms with E-state index in [4.69, 9.17) is 0 Å². The average Bonchev–Trinajstić information content (AvgIpc) is 3.51. The molecule has 4 atom stereocenters. The lowest BCUT2D eigenvalue weighted by atomic mass is 9.95. The minimum atomic E-state index is -3.67. The molecule has 0 aromatic heterocycles. The first-order chi connectivity index (χ1) is 19.5. The lowest BCUT2D eigenvalue weighted by molar-refractivity contribution is 0.0738. The fourth-order valence-corrected chi connectivity index (χ4v) is 5.50. The van der Waals surface area contributed by atoms with Gasteiger partial charge in [-0.05, 0) is 62.1 Å². The lowest BCUT2D eigenvalue weighted by Gasteiger charge is -2.29. The number of carbonyl (C=O) groups is 2. The van der Waals surface area contributed by atoms with E-state index in [2.05, 4.69) is 16.0 Å². The van der Waals surface area contributed by atoms with E-state index in [0.29, 0.717) is 6.42 Å². The molecule has 0 aliphatic carbocycles. The second kappa shape index (κ2) is 13.3. The van der Waals surface area contributed by atoms with Crippen molar-refractivity contribution >= 4 is 27.5 Å². The van der Waals surface area contributed by atoms with Crippen molar-refractivity contribution in [3.63, 3.8) is 0 Å². The molecule has 9 nitrogen and oxygen atoms in total. The third kappa shape index (κ3) is 7.93. The van der Waals surface area contributed by atoms with Crippen LogP contribution in [0.3, 0.4) is 0 Å². The van der Waals surface area contributed by atoms with E-state index in [1.165, 1.54) is 25.2 Å². The van der Waals surface area contributed by atoms with Crippen molar-refractivity contribution in [2.75, 3.05) is 24.2 Å². The summed E-state index contributed by atoms with van der Waals surface area (Å²) in [4.78, 5) is 27.0. The molecule has 1 fully saturated rings. The molecule has 0 spiro atoms. The van der Waals surface area contributed by atoms with Crippen LogP contribution < -0.4 is 20.3 Å². The first kappa shape index (κ1) is 30.2. The molecule has 41 heavy (non-hydrogen) atoms. The molecular formula is C31H38N4O5S. The number of hydrogen-bond donors (Lipinski definition) is 4. The van der Waals surface area contributed by atoms with Gasteiger partial charge in [-0.1, -0.05) is 60.7 Å². The maximum absolute atomic E-state index is 13.7. The number of nitrogens with zero attached hydrogens (tertiary/aromatic N) is 1. The van der Waals surface area contributed by atoms with Gasteiger partial charge in [-0.2, -0.15) is 0 Å². The van der Waals surface area contributed by atoms with Crippen LogP contribution >= 0.6 is 0 Å². The largest absolute Gasteiger partial charge is 0.389 e. The molecular weight excluding hydrogens is 540 g/mol. The standard InChI is InChI=1S/C31H38N4O5S/c1-21(23-13-8-5-9-14-23)33-30(37)24-18-25(20-26(19-24)35(2)41(3,39)40)31(38)34-28(17-22-11-6-4-7-12-22)29(36)27-15-10-16-32-27/h4-9,11-14,18-21,27-29,32,36H,10,15-17H2,1-3H3,(H,33,37)(H,34,38)/t21-,27+,28+,29-/m1/s1. The number of rotatable bonds is 11. The van der Waals surface area contributed by atoms with Crippen molar-refractivity contribution in [1.29, 1.82) is 0 Å². The Balaban J connectivity index is 1.64. The minimum Gasteiger partial charge on any atom is -0.389 e. The van der Waals surface area contributed by atoms with Gasteiger partial charge in [0.05, 0.1) is 30.1 Å². The monoisotopic (exact) mass is 578 g/mol. The molecule has 3 aromatic carbocycles. The Labute approximate surface area is 242 Å². The molecule has 1 saturated heterocycles. The van der Waals surface area contributed by atoms with Crippen LogP contribution in [0, 0.1) is 0 Å². The fraction of sp³-hybridized carbons (Fsp3) is 0.355. The molecule has 2 amide bonds. The van der Waals surface area contributed by atoms with Crippen molar-refractivity contribution < 1.29 is 23.1 Å². The first-order valence-electron chi connectivity index (χ1n) is 13.7. The Hall–Kier alpha value is -3.73. The number of hydrogen-bond acceptors (Lipinski definition) is 6. The first-order valence-corrected chi connectivity index (χ1v) is 15.6. The highest BCUT2D eigenvalue weighted by atomic mass is 32.2. The van der Waals surface area contributed by atoms with Crippen LogP contribution in [-0.4, -0.2) is 63.4 Å². The van der Waals surface area contributed by atoms with E-state index >= 15 is 0 Å². The van der Waals surface area contributed by atoms with Gasteiger partial charge in [0.15, 0.2) is 0 Å². The molecule has 10 heteroatoms. The summed E-state index contributed by atoms with van der Waals surface area (Å²) in [6.45, 7) is 2.65. The van der Waals surface area contributed by atoms with Gasteiger partial charge in [0.2, 0.25) is 10.0 Å². The summed E-state index contributed by atoms with van der Waals surface area (Å²) in [5.74, 6) is -0.966. The Morgan fingerprint density at radius 1 is 0.976 bits per heavy atom. The van der Waals surface area contributed by atoms with Gasteiger partial charge in [0, 0.05) is 24.2 Å². The highest BCUT2D eigenvalue weighted by molar-refractivity contribution is 7.92. The van der Waals surface area contributed by atoms with E-state index in [-0.39, 0.29) is 28.9 Å². The normalized spacial score (nSPS) is 17.3. The summed E-state index contributed by atoms with van der Waals surface area (Å²) in [7, 11) is -2.30. The van der Waals surface area contributed by atoms with Crippen molar-refractivity contribution in [3.05, 3.63) is 101 Å². The highest BCUT2D eigenvalue weighted by Gasteiger charge is 2.31. The zero-order valence-electron chi connectivity index (χ0n) is 23.6. The molecule has 0 bridgehead atoms. The summed E-state index contributed by atoms with van der Waals surface area (Å²) in [6, 6.07) is 22.3. The molecule has 3 aromatic rings. The zero-order chi connectivity index (χ0) is 29.6. The summed E-state index contributed by atoms with van der Waals surface area (Å²) in [6.07, 6.45) is 2.33. The number of nitrogens with one attached hydrogen (secondary N) is 3. The Morgan fingerprint density at radius 2 is 1.56 bits per heavy atom. The summed E-state index contributed by atoms with van der Waals surface area (Å²) < 4.78 is 25.7. The van der Waals surface area contributed by atoms with E-state index in [0.717, 1.165) is 41.1 Å². The third-order valence-corrected chi connectivity index (χ3v) is 8.69. The molecule has 0 saturated carbocycles. The Morgan fingerprint density at radius 3 is 2.12 bits per heavy atom. The second-order valence-electron chi connectivity index (χ2n) is 10.6. The molecule has 4 rings (SSSR count).